The molecule has 49 heavy (non-hydrogen) atoms. The van der Waals surface area contributed by atoms with Crippen molar-refractivity contribution >= 4 is 55.4 Å². The molecule has 3 aromatic heterocycles. The zero-order valence-electron chi connectivity index (χ0n) is 26.5. The monoisotopic (exact) mass is 630 g/mol. The van der Waals surface area contributed by atoms with Crippen molar-refractivity contribution in [2.45, 2.75) is 0 Å². The highest BCUT2D eigenvalue weighted by Gasteiger charge is 2.17. The van der Waals surface area contributed by atoms with Crippen molar-refractivity contribution in [1.82, 2.24) is 14.2 Å². The molecule has 0 aliphatic rings. The van der Waals surface area contributed by atoms with Gasteiger partial charge in [-0.15, -0.1) is 0 Å². The first-order valence-electron chi connectivity index (χ1n) is 16.3. The fraction of sp³-hybridized carbons (Fsp3) is 0. The Morgan fingerprint density at radius 2 is 1.10 bits per heavy atom. The van der Waals surface area contributed by atoms with Gasteiger partial charge in [-0.2, -0.15) is 0 Å². The molecule has 232 valence electrons. The van der Waals surface area contributed by atoms with Gasteiger partial charge in [0.25, 0.3) is 0 Å². The first kappa shape index (κ1) is 28.4. The van der Waals surface area contributed by atoms with Gasteiger partial charge < -0.3 is 0 Å². The Morgan fingerprint density at radius 1 is 0.531 bits per heavy atom. The van der Waals surface area contributed by atoms with Crippen LogP contribution in [0.1, 0.15) is 11.1 Å². The van der Waals surface area contributed by atoms with Crippen LogP contribution in [-0.4, -0.2) is 25.9 Å². The van der Waals surface area contributed by atoms with E-state index in [1.165, 1.54) is 0 Å². The molecule has 2 N–H and O–H groups in total. The molecule has 0 unspecified atom stereocenters. The van der Waals surface area contributed by atoms with Gasteiger partial charge >= 0.3 is 0 Å². The highest BCUT2D eigenvalue weighted by Crippen LogP contribution is 2.36. The van der Waals surface area contributed by atoms with Crippen molar-refractivity contribution in [1.29, 1.82) is 5.41 Å². The smallest absolute Gasteiger partial charge is 0.154 e. The predicted molar refractivity (Wildman–Crippen MR) is 203 cm³/mol. The fourth-order valence-electron chi connectivity index (χ4n) is 6.76. The van der Waals surface area contributed by atoms with Crippen molar-refractivity contribution in [3.8, 4) is 16.8 Å². The lowest BCUT2D eigenvalue weighted by molar-refractivity contribution is 1.08. The molecule has 6 nitrogen and oxygen atoms in total. The SMILES string of the molecule is N=C(N=C(Nn1c2ccccc2c2ccc(-c3ccc4c5cccnc5n(-c5ccccc5)c4c3)cc21)c1ccccc1)c1ccccc1. The van der Waals surface area contributed by atoms with Crippen LogP contribution in [-0.2, 0) is 0 Å². The molecule has 9 rings (SSSR count). The minimum Gasteiger partial charge on any atom is -0.294 e. The van der Waals surface area contributed by atoms with Crippen LogP contribution in [0.4, 0.5) is 0 Å². The average molecular weight is 631 g/mol. The van der Waals surface area contributed by atoms with Gasteiger partial charge in [0.15, 0.2) is 11.7 Å². The van der Waals surface area contributed by atoms with Crippen LogP contribution in [0.3, 0.4) is 0 Å². The second-order valence-corrected chi connectivity index (χ2v) is 12.0. The number of nitrogens with zero attached hydrogens (tertiary/aromatic N) is 4. The van der Waals surface area contributed by atoms with E-state index in [1.54, 1.807) is 0 Å². The standard InChI is InChI=1S/C43H30N6/c44-41(29-13-4-1-5-14-29)46-42(30-15-6-2-7-16-30)47-49-38-21-11-10-19-34(38)35-24-22-32(28-40(35)49)31-23-25-36-37-20-12-26-45-43(37)48(39(36)27-31)33-17-8-3-9-18-33/h1-28H,(H2,44,46,47). The Morgan fingerprint density at radius 3 is 1.84 bits per heavy atom. The van der Waals surface area contributed by atoms with Crippen molar-refractivity contribution in [2.24, 2.45) is 4.99 Å². The Hall–Kier alpha value is -6.79. The van der Waals surface area contributed by atoms with E-state index < -0.39 is 0 Å². The summed E-state index contributed by atoms with van der Waals surface area (Å²) in [5, 5.41) is 13.4. The normalized spacial score (nSPS) is 11.9. The van der Waals surface area contributed by atoms with Gasteiger partial charge in [-0.3, -0.25) is 20.1 Å². The topological polar surface area (TPSA) is 71.0 Å². The first-order valence-corrected chi connectivity index (χ1v) is 16.3. The molecule has 9 aromatic rings. The lowest BCUT2D eigenvalue weighted by atomic mass is 10.0. The van der Waals surface area contributed by atoms with Gasteiger partial charge in [0, 0.05) is 44.6 Å². The van der Waals surface area contributed by atoms with E-state index in [-0.39, 0.29) is 5.84 Å². The molecule has 0 amide bonds. The van der Waals surface area contributed by atoms with Crippen molar-refractivity contribution in [2.75, 3.05) is 5.43 Å². The summed E-state index contributed by atoms with van der Waals surface area (Å²) in [6.45, 7) is 0. The third kappa shape index (κ3) is 4.94. The number of pyridine rings is 1. The van der Waals surface area contributed by atoms with E-state index in [1.807, 2.05) is 79.0 Å². The Kier molecular flexibility index (Phi) is 6.84. The van der Waals surface area contributed by atoms with Gasteiger partial charge in [0.05, 0.1) is 16.6 Å². The van der Waals surface area contributed by atoms with E-state index in [0.29, 0.717) is 5.84 Å². The average Bonchev–Trinajstić information content (AvgIpc) is 3.67. The Labute approximate surface area is 282 Å². The van der Waals surface area contributed by atoms with Crippen LogP contribution in [0.2, 0.25) is 0 Å². The first-order chi connectivity index (χ1) is 24.2. The number of fused-ring (bicyclic) bond motifs is 6. The molecule has 0 aliphatic carbocycles. The quantitative estimate of drug-likeness (QED) is 0.147. The van der Waals surface area contributed by atoms with Crippen LogP contribution in [0, 0.1) is 5.41 Å². The second kappa shape index (κ2) is 11.8. The zero-order chi connectivity index (χ0) is 32.7. The summed E-state index contributed by atoms with van der Waals surface area (Å²) in [4.78, 5) is 9.63. The van der Waals surface area contributed by atoms with Crippen LogP contribution >= 0.6 is 0 Å². The number of hydrogen-bond donors (Lipinski definition) is 2. The maximum absolute atomic E-state index is 8.85. The lowest BCUT2D eigenvalue weighted by Crippen LogP contribution is -2.25. The number of amidine groups is 2. The molecule has 0 spiro atoms. The Balaban J connectivity index is 1.22. The van der Waals surface area contributed by atoms with Crippen LogP contribution in [0.25, 0.3) is 60.6 Å². The van der Waals surface area contributed by atoms with E-state index in [2.05, 4.69) is 106 Å². The molecule has 0 saturated carbocycles. The summed E-state index contributed by atoms with van der Waals surface area (Å²) in [7, 11) is 0. The third-order valence-corrected chi connectivity index (χ3v) is 9.08. The highest BCUT2D eigenvalue weighted by atomic mass is 15.4. The molecule has 0 radical (unpaired) electrons. The number of rotatable bonds is 5. The number of aromatic nitrogens is 3. The molecular formula is C43H30N6. The summed E-state index contributed by atoms with van der Waals surface area (Å²) in [5.41, 5.74) is 12.6. The van der Waals surface area contributed by atoms with Crippen LogP contribution in [0.5, 0.6) is 0 Å². The van der Waals surface area contributed by atoms with Crippen molar-refractivity contribution in [3.05, 3.63) is 181 Å². The van der Waals surface area contributed by atoms with Gasteiger partial charge in [0.2, 0.25) is 0 Å². The summed E-state index contributed by atoms with van der Waals surface area (Å²) in [6.07, 6.45) is 1.86. The molecule has 6 heteroatoms. The maximum Gasteiger partial charge on any atom is 0.154 e. The molecule has 0 aliphatic heterocycles. The number of para-hydroxylation sites is 2. The van der Waals surface area contributed by atoms with Crippen LogP contribution < -0.4 is 5.43 Å². The van der Waals surface area contributed by atoms with Crippen molar-refractivity contribution < 1.29 is 0 Å². The summed E-state index contributed by atoms with van der Waals surface area (Å²) in [6, 6.07) is 55.9. The Bertz CT molecular complexity index is 2690. The summed E-state index contributed by atoms with van der Waals surface area (Å²) in [5.74, 6) is 0.772. The highest BCUT2D eigenvalue weighted by molar-refractivity contribution is 6.16. The fourth-order valence-corrected chi connectivity index (χ4v) is 6.76. The largest absolute Gasteiger partial charge is 0.294 e. The van der Waals surface area contributed by atoms with Gasteiger partial charge in [0.1, 0.15) is 5.65 Å². The van der Waals surface area contributed by atoms with Gasteiger partial charge in [-0.25, -0.2) is 9.98 Å². The van der Waals surface area contributed by atoms with E-state index >= 15 is 0 Å². The number of benzene rings is 6. The summed E-state index contributed by atoms with van der Waals surface area (Å²) < 4.78 is 4.34. The minimum atomic E-state index is 0.185. The number of hydrogen-bond acceptors (Lipinski definition) is 2. The molecule has 0 bridgehead atoms. The zero-order valence-corrected chi connectivity index (χ0v) is 26.5. The maximum atomic E-state index is 8.85. The molecule has 0 fully saturated rings. The molecular weight excluding hydrogens is 601 g/mol. The second-order valence-electron chi connectivity index (χ2n) is 12.0. The lowest BCUT2D eigenvalue weighted by Gasteiger charge is -2.15. The molecule has 0 saturated heterocycles. The van der Waals surface area contributed by atoms with Gasteiger partial charge in [-0.05, 0) is 53.6 Å². The molecule has 3 heterocycles. The predicted octanol–water partition coefficient (Wildman–Crippen LogP) is 9.97. The van der Waals surface area contributed by atoms with Gasteiger partial charge in [-0.1, -0.05) is 121 Å². The van der Waals surface area contributed by atoms with E-state index in [9.17, 15) is 0 Å². The molecule has 6 aromatic carbocycles. The van der Waals surface area contributed by atoms with Crippen molar-refractivity contribution in [3.63, 3.8) is 0 Å². The number of nitrogens with one attached hydrogen (secondary N) is 2. The number of aliphatic imine (C=N–C) groups is 1. The summed E-state index contributed by atoms with van der Waals surface area (Å²) >= 11 is 0. The van der Waals surface area contributed by atoms with E-state index in [0.717, 1.165) is 71.7 Å². The van der Waals surface area contributed by atoms with Crippen LogP contribution in [0.15, 0.2) is 175 Å². The van der Waals surface area contributed by atoms with E-state index in [4.69, 9.17) is 15.4 Å². The minimum absolute atomic E-state index is 0.185. The molecule has 0 atom stereocenters. The third-order valence-electron chi connectivity index (χ3n) is 9.08.